The number of carbonyl (C=O) groups is 2. The summed E-state index contributed by atoms with van der Waals surface area (Å²) in [5.74, 6) is -0.951. The topological polar surface area (TPSA) is 90.3 Å². The maximum absolute atomic E-state index is 13.3. The van der Waals surface area contributed by atoms with Crippen molar-refractivity contribution in [3.05, 3.63) is 73.6 Å². The van der Waals surface area contributed by atoms with Crippen LogP contribution in [0.4, 0.5) is 5.00 Å². The van der Waals surface area contributed by atoms with Crippen LogP contribution in [0.1, 0.15) is 33.3 Å². The standard InChI is InChI=1S/C21H17N3O4S2/c1-3-28-21(27)17-15-11-30-19(22-18(25)13-8-9-29-10-13)16(15)20(26)24(23-17)14-6-4-12(2)5-7-14/h4-11H,3H2,1-2H3,(H,22,25). The number of anilines is 1. The van der Waals surface area contributed by atoms with Gasteiger partial charge in [-0.05, 0) is 37.4 Å². The lowest BCUT2D eigenvalue weighted by Crippen LogP contribution is -2.25. The number of aromatic nitrogens is 2. The monoisotopic (exact) mass is 439 g/mol. The van der Waals surface area contributed by atoms with Crippen LogP contribution in [0.15, 0.2) is 51.3 Å². The smallest absolute Gasteiger partial charge is 0.359 e. The second kappa shape index (κ2) is 8.21. The van der Waals surface area contributed by atoms with Gasteiger partial charge in [-0.25, -0.2) is 4.79 Å². The molecule has 0 fully saturated rings. The minimum Gasteiger partial charge on any atom is -0.461 e. The number of nitrogens with one attached hydrogen (secondary N) is 1. The van der Waals surface area contributed by atoms with E-state index in [1.165, 1.54) is 27.4 Å². The largest absolute Gasteiger partial charge is 0.461 e. The Hall–Kier alpha value is -3.30. The number of nitrogens with zero attached hydrogens (tertiary/aromatic N) is 2. The van der Waals surface area contributed by atoms with E-state index in [9.17, 15) is 14.4 Å². The molecule has 1 aromatic carbocycles. The van der Waals surface area contributed by atoms with Gasteiger partial charge in [0.1, 0.15) is 5.00 Å². The van der Waals surface area contributed by atoms with E-state index >= 15 is 0 Å². The number of fused-ring (bicyclic) bond motifs is 1. The molecule has 1 amide bonds. The highest BCUT2D eigenvalue weighted by Gasteiger charge is 2.23. The molecule has 9 heteroatoms. The van der Waals surface area contributed by atoms with E-state index in [2.05, 4.69) is 10.4 Å². The third-order valence-corrected chi connectivity index (χ3v) is 5.99. The van der Waals surface area contributed by atoms with E-state index < -0.39 is 11.5 Å². The second-order valence-electron chi connectivity index (χ2n) is 6.44. The summed E-state index contributed by atoms with van der Waals surface area (Å²) >= 11 is 2.57. The predicted octanol–water partition coefficient (Wildman–Crippen LogP) is 4.25. The van der Waals surface area contributed by atoms with E-state index in [0.717, 1.165) is 5.56 Å². The zero-order valence-electron chi connectivity index (χ0n) is 16.2. The highest BCUT2D eigenvalue weighted by molar-refractivity contribution is 7.16. The molecule has 0 atom stereocenters. The first kappa shape index (κ1) is 20.0. The fraction of sp³-hybridized carbons (Fsp3) is 0.143. The van der Waals surface area contributed by atoms with Gasteiger partial charge in [-0.15, -0.1) is 11.3 Å². The van der Waals surface area contributed by atoms with Gasteiger partial charge in [0.05, 0.1) is 23.2 Å². The molecule has 0 saturated heterocycles. The highest BCUT2D eigenvalue weighted by Crippen LogP contribution is 2.31. The second-order valence-corrected chi connectivity index (χ2v) is 8.10. The Labute approximate surface area is 179 Å². The molecule has 0 aliphatic rings. The number of hydrogen-bond donors (Lipinski definition) is 1. The van der Waals surface area contributed by atoms with Crippen LogP contribution < -0.4 is 10.9 Å². The Balaban J connectivity index is 1.91. The third kappa shape index (κ3) is 3.64. The maximum atomic E-state index is 13.3. The number of ether oxygens (including phenoxy) is 1. The number of carbonyl (C=O) groups excluding carboxylic acids is 2. The van der Waals surface area contributed by atoms with Crippen molar-refractivity contribution >= 4 is 50.3 Å². The van der Waals surface area contributed by atoms with Crippen molar-refractivity contribution in [3.63, 3.8) is 0 Å². The Bertz CT molecular complexity index is 1290. The third-order valence-electron chi connectivity index (χ3n) is 4.41. The van der Waals surface area contributed by atoms with Gasteiger partial charge in [0.25, 0.3) is 11.5 Å². The Morgan fingerprint density at radius 2 is 1.93 bits per heavy atom. The lowest BCUT2D eigenvalue weighted by Gasteiger charge is -2.10. The molecular weight excluding hydrogens is 422 g/mol. The molecular formula is C21H17N3O4S2. The van der Waals surface area contributed by atoms with Crippen molar-refractivity contribution in [2.45, 2.75) is 13.8 Å². The van der Waals surface area contributed by atoms with E-state index in [-0.39, 0.29) is 23.6 Å². The number of aryl methyl sites for hydroxylation is 1. The zero-order valence-corrected chi connectivity index (χ0v) is 17.8. The molecule has 0 radical (unpaired) electrons. The van der Waals surface area contributed by atoms with Crippen molar-refractivity contribution in [1.82, 2.24) is 9.78 Å². The molecule has 152 valence electrons. The van der Waals surface area contributed by atoms with E-state index in [1.807, 2.05) is 19.1 Å². The molecule has 0 unspecified atom stereocenters. The summed E-state index contributed by atoms with van der Waals surface area (Å²) in [4.78, 5) is 38.4. The highest BCUT2D eigenvalue weighted by atomic mass is 32.1. The van der Waals surface area contributed by atoms with Crippen LogP contribution in [-0.4, -0.2) is 28.3 Å². The van der Waals surface area contributed by atoms with Gasteiger partial charge in [0.15, 0.2) is 5.69 Å². The average Bonchev–Trinajstić information content (AvgIpc) is 3.40. The van der Waals surface area contributed by atoms with Crippen molar-refractivity contribution in [2.75, 3.05) is 11.9 Å². The molecule has 3 aromatic heterocycles. The minimum atomic E-state index is -0.628. The van der Waals surface area contributed by atoms with Crippen LogP contribution in [0.2, 0.25) is 0 Å². The van der Waals surface area contributed by atoms with Gasteiger partial charge in [-0.3, -0.25) is 9.59 Å². The first-order valence-corrected chi connectivity index (χ1v) is 10.9. The molecule has 0 aliphatic heterocycles. The summed E-state index contributed by atoms with van der Waals surface area (Å²) in [5.41, 5.74) is 1.64. The molecule has 3 heterocycles. The molecule has 1 N–H and O–H groups in total. The van der Waals surface area contributed by atoms with Gasteiger partial charge >= 0.3 is 5.97 Å². The molecule has 4 aromatic rings. The summed E-state index contributed by atoms with van der Waals surface area (Å²) < 4.78 is 6.30. The predicted molar refractivity (Wildman–Crippen MR) is 118 cm³/mol. The number of benzene rings is 1. The zero-order chi connectivity index (χ0) is 21.3. The van der Waals surface area contributed by atoms with Crippen molar-refractivity contribution in [1.29, 1.82) is 0 Å². The maximum Gasteiger partial charge on any atom is 0.359 e. The summed E-state index contributed by atoms with van der Waals surface area (Å²) in [6.07, 6.45) is 0. The average molecular weight is 440 g/mol. The normalized spacial score (nSPS) is 10.9. The first-order chi connectivity index (χ1) is 14.5. The molecule has 4 rings (SSSR count). The summed E-state index contributed by atoms with van der Waals surface area (Å²) in [6.45, 7) is 3.81. The van der Waals surface area contributed by atoms with E-state index in [1.54, 1.807) is 41.3 Å². The van der Waals surface area contributed by atoms with Gasteiger partial charge < -0.3 is 10.1 Å². The van der Waals surface area contributed by atoms with Crippen LogP contribution in [0.5, 0.6) is 0 Å². The van der Waals surface area contributed by atoms with Gasteiger partial charge in [0.2, 0.25) is 0 Å². The lowest BCUT2D eigenvalue weighted by molar-refractivity contribution is 0.0520. The fourth-order valence-corrected chi connectivity index (χ4v) is 4.49. The number of thiophene rings is 2. The van der Waals surface area contributed by atoms with E-state index in [4.69, 9.17) is 4.74 Å². The Kier molecular flexibility index (Phi) is 5.47. The number of rotatable bonds is 5. The summed E-state index contributed by atoms with van der Waals surface area (Å²) in [5, 5.41) is 13.2. The Morgan fingerprint density at radius 1 is 1.17 bits per heavy atom. The van der Waals surface area contributed by atoms with Crippen LogP contribution in [0.3, 0.4) is 0 Å². The summed E-state index contributed by atoms with van der Waals surface area (Å²) in [7, 11) is 0. The molecule has 0 bridgehead atoms. The minimum absolute atomic E-state index is 0.0271. The lowest BCUT2D eigenvalue weighted by atomic mass is 10.2. The van der Waals surface area contributed by atoms with Crippen LogP contribution in [0.25, 0.3) is 16.5 Å². The van der Waals surface area contributed by atoms with Crippen molar-refractivity contribution in [3.8, 4) is 5.69 Å². The number of hydrogen-bond acceptors (Lipinski definition) is 7. The Morgan fingerprint density at radius 3 is 2.60 bits per heavy atom. The van der Waals surface area contributed by atoms with E-state index in [0.29, 0.717) is 21.6 Å². The number of amides is 1. The summed E-state index contributed by atoms with van der Waals surface area (Å²) in [6, 6.07) is 8.90. The van der Waals surface area contributed by atoms with Gasteiger partial charge in [-0.1, -0.05) is 17.7 Å². The first-order valence-electron chi connectivity index (χ1n) is 9.12. The molecule has 0 spiro atoms. The van der Waals surface area contributed by atoms with Crippen LogP contribution in [0, 0.1) is 6.92 Å². The fourth-order valence-electron chi connectivity index (χ4n) is 2.92. The quantitative estimate of drug-likeness (QED) is 0.470. The molecule has 30 heavy (non-hydrogen) atoms. The van der Waals surface area contributed by atoms with Crippen LogP contribution >= 0.6 is 22.7 Å². The SMILES string of the molecule is CCOC(=O)c1nn(-c2ccc(C)cc2)c(=O)c2c(NC(=O)c3ccsc3)scc12. The molecule has 0 saturated carbocycles. The van der Waals surface area contributed by atoms with Crippen molar-refractivity contribution < 1.29 is 14.3 Å². The number of esters is 1. The van der Waals surface area contributed by atoms with Crippen molar-refractivity contribution in [2.24, 2.45) is 0 Å². The molecule has 7 nitrogen and oxygen atoms in total. The molecule has 0 aliphatic carbocycles. The van der Waals surface area contributed by atoms with Gasteiger partial charge in [0, 0.05) is 16.1 Å². The van der Waals surface area contributed by atoms with Crippen LogP contribution in [-0.2, 0) is 4.74 Å². The van der Waals surface area contributed by atoms with Gasteiger partial charge in [-0.2, -0.15) is 21.1 Å².